The Bertz CT molecular complexity index is 1170. The molecule has 0 bridgehead atoms. The number of nitrogen functional groups attached to an aromatic ring is 1. The number of benzene rings is 1. The number of urea groups is 1. The number of amides is 3. The number of halogens is 3. The van der Waals surface area contributed by atoms with Crippen LogP contribution in [0.4, 0.5) is 35.4 Å². The number of nitrogens with one attached hydrogen (secondary N) is 1. The molecule has 1 aliphatic rings. The molecule has 36 heavy (non-hydrogen) atoms. The minimum Gasteiger partial charge on any atom is -0.383 e. The molecule has 194 valence electrons. The number of carbonyl (C=O) groups is 2. The van der Waals surface area contributed by atoms with E-state index in [4.69, 9.17) is 5.73 Å². The molecule has 1 unspecified atom stereocenters. The summed E-state index contributed by atoms with van der Waals surface area (Å²) < 4.78 is 40.2. The summed E-state index contributed by atoms with van der Waals surface area (Å²) in [5.74, 6) is -0.764. The van der Waals surface area contributed by atoms with Gasteiger partial charge in [-0.1, -0.05) is 17.7 Å². The Hall–Kier alpha value is -3.63. The first-order chi connectivity index (χ1) is 16.7. The Morgan fingerprint density at radius 3 is 2.58 bits per heavy atom. The van der Waals surface area contributed by atoms with Crippen LogP contribution in [0.1, 0.15) is 63.4 Å². The van der Waals surface area contributed by atoms with Gasteiger partial charge in [-0.2, -0.15) is 18.2 Å². The van der Waals surface area contributed by atoms with Gasteiger partial charge in [0.15, 0.2) is 0 Å². The Balaban J connectivity index is 1.98. The molecule has 0 radical (unpaired) electrons. The molecule has 1 aliphatic heterocycles. The number of nitrogens with two attached hydrogens (primary N) is 1. The van der Waals surface area contributed by atoms with Crippen molar-refractivity contribution in [3.8, 4) is 0 Å². The fraction of sp³-hybridized carbons (Fsp3) is 0.440. The Labute approximate surface area is 208 Å². The molecule has 2 aromatic rings. The van der Waals surface area contributed by atoms with Gasteiger partial charge in [-0.3, -0.25) is 9.69 Å². The molecule has 3 N–H and O–H groups in total. The summed E-state index contributed by atoms with van der Waals surface area (Å²) in [7, 11) is 0. The average Bonchev–Trinajstić information content (AvgIpc) is 3.05. The van der Waals surface area contributed by atoms with E-state index in [1.54, 1.807) is 6.92 Å². The van der Waals surface area contributed by atoms with Crippen LogP contribution in [0.3, 0.4) is 0 Å². The second-order valence-electron chi connectivity index (χ2n) is 9.80. The lowest BCUT2D eigenvalue weighted by atomic mass is 10.1. The van der Waals surface area contributed by atoms with Crippen molar-refractivity contribution in [2.45, 2.75) is 65.2 Å². The van der Waals surface area contributed by atoms with Gasteiger partial charge in [0.25, 0.3) is 5.91 Å². The van der Waals surface area contributed by atoms with Crippen molar-refractivity contribution in [3.63, 3.8) is 0 Å². The number of nitrogens with zero attached hydrogens (tertiary/aromatic N) is 4. The highest BCUT2D eigenvalue weighted by Gasteiger charge is 2.38. The SMILES string of the molecule is CC(C)=CCCC(C)N(C(=O)c1cnc(N2CC(C)(C)NC2=O)nc1N)c1cccc(C(F)(F)F)c1. The first-order valence-electron chi connectivity index (χ1n) is 11.6. The molecule has 1 fully saturated rings. The topological polar surface area (TPSA) is 104 Å². The number of aromatic nitrogens is 2. The van der Waals surface area contributed by atoms with Crippen LogP contribution in [0.15, 0.2) is 42.1 Å². The molecule has 8 nitrogen and oxygen atoms in total. The summed E-state index contributed by atoms with van der Waals surface area (Å²) in [5.41, 5.74) is 5.87. The second-order valence-corrected chi connectivity index (χ2v) is 9.80. The van der Waals surface area contributed by atoms with E-state index in [9.17, 15) is 22.8 Å². The Morgan fingerprint density at radius 1 is 1.33 bits per heavy atom. The van der Waals surface area contributed by atoms with Crippen molar-refractivity contribution in [2.24, 2.45) is 0 Å². The third kappa shape index (κ3) is 6.13. The molecule has 1 aromatic heterocycles. The van der Waals surface area contributed by atoms with E-state index in [1.165, 1.54) is 28.1 Å². The van der Waals surface area contributed by atoms with Crippen molar-refractivity contribution in [3.05, 3.63) is 53.2 Å². The molecule has 0 saturated carbocycles. The number of hydrogen-bond acceptors (Lipinski definition) is 5. The van der Waals surface area contributed by atoms with E-state index < -0.39 is 35.3 Å². The maximum absolute atomic E-state index is 13.6. The number of rotatable bonds is 7. The molecular weight excluding hydrogens is 473 g/mol. The standard InChI is InChI=1S/C25H31F3N6O2/c1-15(2)8-6-9-16(3)34(18-11-7-10-17(12-18)25(26,27)28)21(35)19-13-30-22(31-20(19)29)33-14-24(4,5)32-23(33)36/h7-8,10-13,16H,6,9,14H2,1-5H3,(H,32,36)(H2,29,30,31). The van der Waals surface area contributed by atoms with Crippen LogP contribution in [0, 0.1) is 0 Å². The predicted octanol–water partition coefficient (Wildman–Crippen LogP) is 5.17. The molecule has 0 aliphatic carbocycles. The number of carbonyl (C=O) groups excluding carboxylic acids is 2. The van der Waals surface area contributed by atoms with E-state index in [0.29, 0.717) is 19.4 Å². The normalized spacial score (nSPS) is 15.9. The van der Waals surface area contributed by atoms with Crippen molar-refractivity contribution in [1.82, 2.24) is 15.3 Å². The van der Waals surface area contributed by atoms with E-state index in [-0.39, 0.29) is 23.0 Å². The van der Waals surface area contributed by atoms with Crippen LogP contribution in [0.2, 0.25) is 0 Å². The van der Waals surface area contributed by atoms with Crippen molar-refractivity contribution in [2.75, 3.05) is 22.1 Å². The van der Waals surface area contributed by atoms with E-state index in [0.717, 1.165) is 17.7 Å². The van der Waals surface area contributed by atoms with Crippen LogP contribution < -0.4 is 20.9 Å². The molecule has 11 heteroatoms. The number of hydrogen-bond donors (Lipinski definition) is 2. The number of alkyl halides is 3. The number of allylic oxidation sites excluding steroid dienone is 2. The second kappa shape index (κ2) is 10.2. The van der Waals surface area contributed by atoms with Crippen LogP contribution in [-0.2, 0) is 6.18 Å². The average molecular weight is 505 g/mol. The lowest BCUT2D eigenvalue weighted by Crippen LogP contribution is -2.39. The van der Waals surface area contributed by atoms with Crippen molar-refractivity contribution in [1.29, 1.82) is 0 Å². The Kier molecular flexibility index (Phi) is 7.61. The predicted molar refractivity (Wildman–Crippen MR) is 133 cm³/mol. The van der Waals surface area contributed by atoms with E-state index >= 15 is 0 Å². The van der Waals surface area contributed by atoms with Gasteiger partial charge in [0.2, 0.25) is 5.95 Å². The highest BCUT2D eigenvalue weighted by Crippen LogP contribution is 2.33. The maximum atomic E-state index is 13.6. The lowest BCUT2D eigenvalue weighted by Gasteiger charge is -2.30. The highest BCUT2D eigenvalue weighted by molar-refractivity contribution is 6.09. The van der Waals surface area contributed by atoms with Gasteiger partial charge in [0.05, 0.1) is 17.6 Å². The lowest BCUT2D eigenvalue weighted by molar-refractivity contribution is -0.137. The third-order valence-electron chi connectivity index (χ3n) is 5.77. The highest BCUT2D eigenvalue weighted by atomic mass is 19.4. The van der Waals surface area contributed by atoms with Crippen LogP contribution >= 0.6 is 0 Å². The monoisotopic (exact) mass is 504 g/mol. The van der Waals surface area contributed by atoms with E-state index in [1.807, 2.05) is 33.8 Å². The first kappa shape index (κ1) is 27.0. The van der Waals surface area contributed by atoms with Crippen LogP contribution in [-0.4, -0.2) is 40.0 Å². The summed E-state index contributed by atoms with van der Waals surface area (Å²) in [6.45, 7) is 9.64. The van der Waals surface area contributed by atoms with E-state index in [2.05, 4.69) is 15.3 Å². The minimum atomic E-state index is -4.57. The summed E-state index contributed by atoms with van der Waals surface area (Å²) in [6, 6.07) is 3.76. The van der Waals surface area contributed by atoms with Gasteiger partial charge in [-0.05, 0) is 65.7 Å². The maximum Gasteiger partial charge on any atom is 0.416 e. The number of anilines is 3. The van der Waals surface area contributed by atoms with Gasteiger partial charge in [0, 0.05) is 17.9 Å². The van der Waals surface area contributed by atoms with Gasteiger partial charge in [-0.25, -0.2) is 9.78 Å². The quantitative estimate of drug-likeness (QED) is 0.507. The molecule has 1 saturated heterocycles. The summed E-state index contributed by atoms with van der Waals surface area (Å²) in [4.78, 5) is 36.9. The molecule has 3 rings (SSSR count). The van der Waals surface area contributed by atoms with Crippen molar-refractivity contribution >= 4 is 29.4 Å². The summed E-state index contributed by atoms with van der Waals surface area (Å²) in [6.07, 6.45) is -0.210. The first-order valence-corrected chi connectivity index (χ1v) is 11.6. The third-order valence-corrected chi connectivity index (χ3v) is 5.77. The molecular formula is C25H31F3N6O2. The zero-order chi connectivity index (χ0) is 26.8. The zero-order valence-electron chi connectivity index (χ0n) is 21.0. The summed E-state index contributed by atoms with van der Waals surface area (Å²) in [5, 5.41) is 2.79. The van der Waals surface area contributed by atoms with Gasteiger partial charge in [-0.15, -0.1) is 0 Å². The largest absolute Gasteiger partial charge is 0.416 e. The smallest absolute Gasteiger partial charge is 0.383 e. The molecule has 2 heterocycles. The fourth-order valence-corrected chi connectivity index (χ4v) is 3.98. The summed E-state index contributed by atoms with van der Waals surface area (Å²) >= 11 is 0. The molecule has 1 atom stereocenters. The molecule has 1 aromatic carbocycles. The van der Waals surface area contributed by atoms with Crippen LogP contribution in [0.5, 0.6) is 0 Å². The van der Waals surface area contributed by atoms with Gasteiger partial charge < -0.3 is 16.0 Å². The fourth-order valence-electron chi connectivity index (χ4n) is 3.98. The van der Waals surface area contributed by atoms with Gasteiger partial charge in [0.1, 0.15) is 11.4 Å². The zero-order valence-corrected chi connectivity index (χ0v) is 21.0. The minimum absolute atomic E-state index is 0.0364. The Morgan fingerprint density at radius 2 is 2.03 bits per heavy atom. The molecule has 0 spiro atoms. The van der Waals surface area contributed by atoms with Gasteiger partial charge >= 0.3 is 12.2 Å². The van der Waals surface area contributed by atoms with Crippen molar-refractivity contribution < 1.29 is 22.8 Å². The molecule has 3 amide bonds. The van der Waals surface area contributed by atoms with Crippen LogP contribution in [0.25, 0.3) is 0 Å².